The Labute approximate surface area is 261 Å². The molecule has 5 nitrogen and oxygen atoms in total. The molecular formula is C37H71NO4. The first-order chi connectivity index (χ1) is 20.3. The fourth-order valence-electron chi connectivity index (χ4n) is 6.39. The summed E-state index contributed by atoms with van der Waals surface area (Å²) >= 11 is 0. The van der Waals surface area contributed by atoms with Crippen LogP contribution in [0.2, 0.25) is 0 Å². The molecule has 0 heterocycles. The lowest BCUT2D eigenvalue weighted by Crippen LogP contribution is -2.20. The van der Waals surface area contributed by atoms with Gasteiger partial charge >= 0.3 is 11.9 Å². The largest absolute Gasteiger partial charge is 0.481 e. The molecule has 0 aromatic carbocycles. The van der Waals surface area contributed by atoms with Crippen LogP contribution < -0.4 is 0 Å². The second-order valence-corrected chi connectivity index (χ2v) is 14.0. The smallest absolute Gasteiger partial charge is 0.306 e. The van der Waals surface area contributed by atoms with Gasteiger partial charge in [0, 0.05) is 6.42 Å². The molecule has 4 atom stereocenters. The summed E-state index contributed by atoms with van der Waals surface area (Å²) < 4.78 is 5.94. The molecule has 4 unspecified atom stereocenters. The first-order valence-corrected chi connectivity index (χ1v) is 18.4. The highest BCUT2D eigenvalue weighted by Crippen LogP contribution is 2.45. The van der Waals surface area contributed by atoms with E-state index in [9.17, 15) is 9.59 Å². The van der Waals surface area contributed by atoms with Crippen molar-refractivity contribution in [3.05, 3.63) is 0 Å². The number of nitrogens with zero attached hydrogens (tertiary/aromatic N) is 1. The summed E-state index contributed by atoms with van der Waals surface area (Å²) in [6, 6.07) is 0. The second-order valence-electron chi connectivity index (χ2n) is 14.0. The standard InChI is InChI=1S/C37H71NO4/c1-5-6-7-8-14-21-27-35(42-36(39)29-23-30-38(3)4)28-22-15-12-10-9-11-13-19-25-33-31-34(33)26-20-17-16-18-24-32(2)37(40)41/h32-35H,5-31H2,1-4H3,(H,40,41). The number of hydrogen-bond donors (Lipinski definition) is 1. The van der Waals surface area contributed by atoms with E-state index in [1.165, 1.54) is 128 Å². The summed E-state index contributed by atoms with van der Waals surface area (Å²) in [6.07, 6.45) is 32.1. The second kappa shape index (κ2) is 26.3. The maximum Gasteiger partial charge on any atom is 0.306 e. The highest BCUT2D eigenvalue weighted by atomic mass is 16.5. The van der Waals surface area contributed by atoms with Crippen LogP contribution in [0.1, 0.15) is 181 Å². The van der Waals surface area contributed by atoms with E-state index in [1.807, 2.05) is 6.92 Å². The average molecular weight is 594 g/mol. The van der Waals surface area contributed by atoms with Crippen molar-refractivity contribution in [2.75, 3.05) is 20.6 Å². The molecule has 0 bridgehead atoms. The molecule has 0 amide bonds. The fourth-order valence-corrected chi connectivity index (χ4v) is 6.39. The lowest BCUT2D eigenvalue weighted by molar-refractivity contribution is -0.150. The number of carbonyl (C=O) groups is 2. The molecule has 0 spiro atoms. The normalized spacial score (nSPS) is 17.8. The molecule has 0 aliphatic heterocycles. The number of carboxylic acid groups (broad SMARTS) is 1. The molecule has 0 radical (unpaired) electrons. The molecule has 1 rings (SSSR count). The monoisotopic (exact) mass is 594 g/mol. The Kier molecular flexibility index (Phi) is 24.4. The maximum atomic E-state index is 12.4. The van der Waals surface area contributed by atoms with E-state index in [0.717, 1.165) is 50.5 Å². The molecule has 5 heteroatoms. The van der Waals surface area contributed by atoms with Crippen molar-refractivity contribution in [3.63, 3.8) is 0 Å². The van der Waals surface area contributed by atoms with Gasteiger partial charge in [0.2, 0.25) is 0 Å². The first kappa shape index (κ1) is 38.9. The van der Waals surface area contributed by atoms with Crippen LogP contribution in [0.4, 0.5) is 0 Å². The van der Waals surface area contributed by atoms with Crippen molar-refractivity contribution in [1.29, 1.82) is 0 Å². The highest BCUT2D eigenvalue weighted by Gasteiger charge is 2.35. The zero-order valence-electron chi connectivity index (χ0n) is 28.5. The van der Waals surface area contributed by atoms with Crippen molar-refractivity contribution in [1.82, 2.24) is 4.90 Å². The minimum absolute atomic E-state index is 0.00464. The molecule has 1 aliphatic carbocycles. The number of unbranched alkanes of at least 4 members (excludes halogenated alkanes) is 15. The van der Waals surface area contributed by atoms with E-state index < -0.39 is 5.97 Å². The Morgan fingerprint density at radius 2 is 1.14 bits per heavy atom. The van der Waals surface area contributed by atoms with Gasteiger partial charge in [-0.15, -0.1) is 0 Å². The van der Waals surface area contributed by atoms with E-state index in [-0.39, 0.29) is 18.0 Å². The van der Waals surface area contributed by atoms with Gasteiger partial charge in [0.15, 0.2) is 0 Å². The fraction of sp³-hybridized carbons (Fsp3) is 0.946. The maximum absolute atomic E-state index is 12.4. The number of carboxylic acids is 1. The van der Waals surface area contributed by atoms with Crippen LogP contribution in [-0.4, -0.2) is 48.7 Å². The third kappa shape index (κ3) is 23.4. The van der Waals surface area contributed by atoms with Crippen molar-refractivity contribution in [2.24, 2.45) is 17.8 Å². The number of esters is 1. The van der Waals surface area contributed by atoms with Crippen molar-refractivity contribution in [3.8, 4) is 0 Å². The summed E-state index contributed by atoms with van der Waals surface area (Å²) in [5, 5.41) is 8.96. The van der Waals surface area contributed by atoms with E-state index in [0.29, 0.717) is 6.42 Å². The van der Waals surface area contributed by atoms with E-state index >= 15 is 0 Å². The third-order valence-electron chi connectivity index (χ3n) is 9.47. The molecule has 1 N–H and O–H groups in total. The molecule has 1 fully saturated rings. The minimum atomic E-state index is -0.652. The van der Waals surface area contributed by atoms with Gasteiger partial charge < -0.3 is 14.7 Å². The Morgan fingerprint density at radius 3 is 1.62 bits per heavy atom. The van der Waals surface area contributed by atoms with Crippen LogP contribution in [0.5, 0.6) is 0 Å². The Bertz CT molecular complexity index is 652. The highest BCUT2D eigenvalue weighted by molar-refractivity contribution is 5.69. The first-order valence-electron chi connectivity index (χ1n) is 18.4. The van der Waals surface area contributed by atoms with Crippen LogP contribution in [0.25, 0.3) is 0 Å². The topological polar surface area (TPSA) is 66.8 Å². The van der Waals surface area contributed by atoms with Gasteiger partial charge in [0.1, 0.15) is 6.10 Å². The molecule has 0 aromatic heterocycles. The third-order valence-corrected chi connectivity index (χ3v) is 9.47. The average Bonchev–Trinajstić information content (AvgIpc) is 3.70. The predicted molar refractivity (Wildman–Crippen MR) is 178 cm³/mol. The molecule has 1 aliphatic rings. The lowest BCUT2D eigenvalue weighted by atomic mass is 10.0. The van der Waals surface area contributed by atoms with E-state index in [4.69, 9.17) is 9.84 Å². The summed E-state index contributed by atoms with van der Waals surface area (Å²) in [6.45, 7) is 5.03. The van der Waals surface area contributed by atoms with E-state index in [2.05, 4.69) is 25.9 Å². The van der Waals surface area contributed by atoms with Gasteiger partial charge in [0.25, 0.3) is 0 Å². The van der Waals surface area contributed by atoms with Crippen molar-refractivity contribution >= 4 is 11.9 Å². The molecule has 0 aromatic rings. The quantitative estimate of drug-likeness (QED) is 0.0640. The summed E-state index contributed by atoms with van der Waals surface area (Å²) in [5.41, 5.74) is 0. The van der Waals surface area contributed by atoms with Crippen LogP contribution in [0.3, 0.4) is 0 Å². The Hall–Kier alpha value is -1.10. The number of ether oxygens (including phenoxy) is 1. The number of hydrogen-bond acceptors (Lipinski definition) is 4. The minimum Gasteiger partial charge on any atom is -0.481 e. The van der Waals surface area contributed by atoms with Crippen LogP contribution in [0, 0.1) is 17.8 Å². The number of carbonyl (C=O) groups excluding carboxylic acids is 1. The van der Waals surface area contributed by atoms with Crippen molar-refractivity contribution < 1.29 is 19.4 Å². The van der Waals surface area contributed by atoms with Crippen LogP contribution >= 0.6 is 0 Å². The lowest BCUT2D eigenvalue weighted by Gasteiger charge is -2.18. The number of rotatable bonds is 31. The van der Waals surface area contributed by atoms with Gasteiger partial charge in [-0.25, -0.2) is 0 Å². The van der Waals surface area contributed by atoms with E-state index in [1.54, 1.807) is 0 Å². The van der Waals surface area contributed by atoms with Gasteiger partial charge in [-0.1, -0.05) is 129 Å². The molecule has 0 saturated heterocycles. The SMILES string of the molecule is CCCCCCCCC(CCCCCCCCCCC1CC1CCCCCCC(C)C(=O)O)OC(=O)CCCN(C)C. The summed E-state index contributed by atoms with van der Waals surface area (Å²) in [5.74, 6) is 1.16. The van der Waals surface area contributed by atoms with Gasteiger partial charge in [0.05, 0.1) is 5.92 Å². The van der Waals surface area contributed by atoms with Crippen LogP contribution in [0.15, 0.2) is 0 Å². The molecule has 1 saturated carbocycles. The molecule has 42 heavy (non-hydrogen) atoms. The molecule has 248 valence electrons. The molecular weight excluding hydrogens is 522 g/mol. The van der Waals surface area contributed by atoms with Gasteiger partial charge in [-0.05, 0) is 77.4 Å². The Balaban J connectivity index is 2.00. The van der Waals surface area contributed by atoms with Gasteiger partial charge in [-0.2, -0.15) is 0 Å². The predicted octanol–water partition coefficient (Wildman–Crippen LogP) is 10.6. The number of aliphatic carboxylic acids is 1. The zero-order valence-corrected chi connectivity index (χ0v) is 28.5. The summed E-state index contributed by atoms with van der Waals surface area (Å²) in [4.78, 5) is 25.4. The Morgan fingerprint density at radius 1 is 0.690 bits per heavy atom. The van der Waals surface area contributed by atoms with Gasteiger partial charge in [-0.3, -0.25) is 9.59 Å². The zero-order chi connectivity index (χ0) is 30.8. The summed E-state index contributed by atoms with van der Waals surface area (Å²) in [7, 11) is 4.11. The van der Waals surface area contributed by atoms with Crippen LogP contribution in [-0.2, 0) is 14.3 Å². The van der Waals surface area contributed by atoms with Crippen molar-refractivity contribution in [2.45, 2.75) is 187 Å².